The Labute approximate surface area is 71.7 Å². The molecule has 1 nitrogen and oxygen atoms in total. The third-order valence-electron chi connectivity index (χ3n) is 1.65. The van der Waals surface area contributed by atoms with Gasteiger partial charge in [0.2, 0.25) is 0 Å². The largest absolute Gasteiger partial charge is 0.305 e. The fourth-order valence-corrected chi connectivity index (χ4v) is 1.07. The zero-order valence-corrected chi connectivity index (χ0v) is 6.57. The maximum atomic E-state index is 4.22. The van der Waals surface area contributed by atoms with E-state index in [1.54, 1.807) is 6.20 Å². The van der Waals surface area contributed by atoms with Crippen LogP contribution in [0.1, 0.15) is 0 Å². The van der Waals surface area contributed by atoms with E-state index in [1.165, 1.54) is 0 Å². The lowest BCUT2D eigenvalue weighted by molar-refractivity contribution is 1.32. The Morgan fingerprint density at radius 3 is 2.58 bits per heavy atom. The van der Waals surface area contributed by atoms with Gasteiger partial charge in [-0.15, -0.1) is 35.9 Å². The summed E-state index contributed by atoms with van der Waals surface area (Å²) in [5.74, 6) is 0. The third-order valence-corrected chi connectivity index (χ3v) is 1.65. The quantitative estimate of drug-likeness (QED) is 0.575. The van der Waals surface area contributed by atoms with Crippen LogP contribution in [-0.2, 0) is 0 Å². The Hall–Kier alpha value is -1.63. The minimum absolute atomic E-state index is 0.970. The lowest BCUT2D eigenvalue weighted by atomic mass is 10.1. The highest BCUT2D eigenvalue weighted by Gasteiger charge is 1.85. The number of nitrogens with zero attached hydrogens (tertiary/aromatic N) is 1. The molecule has 0 fully saturated rings. The molecule has 0 atom stereocenters. The average molecular weight is 154 g/mol. The second-order valence-electron chi connectivity index (χ2n) is 2.49. The predicted molar refractivity (Wildman–Crippen MR) is 48.5 cm³/mol. The van der Waals surface area contributed by atoms with Crippen LogP contribution in [0.15, 0.2) is 48.7 Å². The normalized spacial score (nSPS) is 9.67. The maximum absolute atomic E-state index is 4.22. The third kappa shape index (κ3) is 1.35. The van der Waals surface area contributed by atoms with Gasteiger partial charge in [0.05, 0.1) is 0 Å². The monoisotopic (exact) mass is 154 g/mol. The van der Waals surface area contributed by atoms with Crippen LogP contribution in [0.25, 0.3) is 11.3 Å². The van der Waals surface area contributed by atoms with Gasteiger partial charge in [-0.1, -0.05) is 12.1 Å². The van der Waals surface area contributed by atoms with Crippen LogP contribution in [0.3, 0.4) is 0 Å². The zero-order chi connectivity index (χ0) is 8.23. The molecule has 1 heterocycles. The minimum atomic E-state index is 0.970. The average Bonchev–Trinajstić information content (AvgIpc) is 2.21. The van der Waals surface area contributed by atoms with Crippen molar-refractivity contribution in [3.05, 3.63) is 54.7 Å². The Kier molecular flexibility index (Phi) is 1.87. The first-order chi connectivity index (χ1) is 5.97. The first kappa shape index (κ1) is 7.04. The van der Waals surface area contributed by atoms with Crippen molar-refractivity contribution >= 4 is 0 Å². The zero-order valence-electron chi connectivity index (χ0n) is 6.57. The molecule has 0 aliphatic rings. The number of benzene rings is 1. The summed E-state index contributed by atoms with van der Waals surface area (Å²) in [7, 11) is 0. The highest BCUT2D eigenvalue weighted by Crippen LogP contribution is 2.13. The van der Waals surface area contributed by atoms with Gasteiger partial charge in [0.1, 0.15) is 0 Å². The topological polar surface area (TPSA) is 12.9 Å². The summed E-state index contributed by atoms with van der Waals surface area (Å²) in [6.07, 6.45) is 1.79. The van der Waals surface area contributed by atoms with Gasteiger partial charge in [-0.3, -0.25) is 0 Å². The number of hydrogen-bond acceptors (Lipinski definition) is 1. The molecule has 0 aliphatic carbocycles. The van der Waals surface area contributed by atoms with E-state index in [0.717, 1.165) is 11.3 Å². The smallest absolute Gasteiger partial charge is 0.0160 e. The van der Waals surface area contributed by atoms with Crippen LogP contribution < -0.4 is 0 Å². The van der Waals surface area contributed by atoms with Crippen LogP contribution >= 0.6 is 0 Å². The molecule has 2 rings (SSSR count). The number of hydrogen-bond donors (Lipinski definition) is 0. The number of aromatic nitrogens is 1. The van der Waals surface area contributed by atoms with E-state index in [1.807, 2.05) is 42.5 Å². The van der Waals surface area contributed by atoms with Crippen molar-refractivity contribution in [2.24, 2.45) is 0 Å². The van der Waals surface area contributed by atoms with E-state index in [4.69, 9.17) is 0 Å². The molecule has 0 amide bonds. The van der Waals surface area contributed by atoms with E-state index in [2.05, 4.69) is 11.1 Å². The standard InChI is InChI=1S/C11H8N/c1-2-6-10(7-3-1)11-8-4-5-9-12-11/h1-6,8-9H/q-1. The summed E-state index contributed by atoms with van der Waals surface area (Å²) in [5, 5.41) is 0. The summed E-state index contributed by atoms with van der Waals surface area (Å²) in [4.78, 5) is 4.22. The van der Waals surface area contributed by atoms with Crippen molar-refractivity contribution < 1.29 is 0 Å². The van der Waals surface area contributed by atoms with Crippen LogP contribution in [-0.4, -0.2) is 4.98 Å². The van der Waals surface area contributed by atoms with Gasteiger partial charge >= 0.3 is 0 Å². The fraction of sp³-hybridized carbons (Fsp3) is 0. The van der Waals surface area contributed by atoms with Crippen molar-refractivity contribution in [1.82, 2.24) is 4.98 Å². The van der Waals surface area contributed by atoms with Crippen LogP contribution in [0.4, 0.5) is 0 Å². The van der Waals surface area contributed by atoms with Gasteiger partial charge in [-0.2, -0.15) is 0 Å². The summed E-state index contributed by atoms with van der Waals surface area (Å²) >= 11 is 0. The number of rotatable bonds is 1. The van der Waals surface area contributed by atoms with Crippen molar-refractivity contribution in [3.63, 3.8) is 0 Å². The Balaban J connectivity index is 2.46. The van der Waals surface area contributed by atoms with Gasteiger partial charge in [-0.05, 0) is 11.8 Å². The van der Waals surface area contributed by atoms with Gasteiger partial charge in [0, 0.05) is 6.20 Å². The molecular weight excluding hydrogens is 146 g/mol. The molecule has 0 spiro atoms. The lowest BCUT2D eigenvalue weighted by Crippen LogP contribution is -1.79. The fourth-order valence-electron chi connectivity index (χ4n) is 1.07. The second kappa shape index (κ2) is 3.18. The summed E-state index contributed by atoms with van der Waals surface area (Å²) < 4.78 is 0. The molecule has 0 radical (unpaired) electrons. The van der Waals surface area contributed by atoms with Crippen molar-refractivity contribution in [2.75, 3.05) is 0 Å². The lowest BCUT2D eigenvalue weighted by Gasteiger charge is -2.05. The molecule has 1 aromatic carbocycles. The van der Waals surface area contributed by atoms with Crippen molar-refractivity contribution in [3.8, 4) is 11.3 Å². The molecule has 12 heavy (non-hydrogen) atoms. The molecule has 0 unspecified atom stereocenters. The molecule has 0 saturated heterocycles. The molecule has 0 bridgehead atoms. The van der Waals surface area contributed by atoms with Crippen LogP contribution in [0, 0.1) is 6.07 Å². The summed E-state index contributed by atoms with van der Waals surface area (Å²) in [6, 6.07) is 16.8. The molecule has 0 saturated carbocycles. The van der Waals surface area contributed by atoms with Gasteiger partial charge < -0.3 is 4.98 Å². The SMILES string of the molecule is [c-]1ccccc1-c1ccccn1. The molecule has 2 aromatic rings. The van der Waals surface area contributed by atoms with Crippen molar-refractivity contribution in [1.29, 1.82) is 0 Å². The Morgan fingerprint density at radius 2 is 1.92 bits per heavy atom. The van der Waals surface area contributed by atoms with Gasteiger partial charge in [-0.25, -0.2) is 0 Å². The molecule has 58 valence electrons. The van der Waals surface area contributed by atoms with E-state index < -0.39 is 0 Å². The van der Waals surface area contributed by atoms with Gasteiger partial charge in [0.25, 0.3) is 0 Å². The summed E-state index contributed by atoms with van der Waals surface area (Å²) in [6.45, 7) is 0. The molecule has 1 heteroatoms. The number of pyridine rings is 1. The molecular formula is C11H8N-. The second-order valence-corrected chi connectivity index (χ2v) is 2.49. The van der Waals surface area contributed by atoms with Crippen molar-refractivity contribution in [2.45, 2.75) is 0 Å². The first-order valence-electron chi connectivity index (χ1n) is 3.85. The van der Waals surface area contributed by atoms with E-state index in [-0.39, 0.29) is 0 Å². The summed E-state index contributed by atoms with van der Waals surface area (Å²) in [5.41, 5.74) is 2.01. The van der Waals surface area contributed by atoms with Crippen LogP contribution in [0.5, 0.6) is 0 Å². The molecule has 0 aliphatic heterocycles. The van der Waals surface area contributed by atoms with E-state index >= 15 is 0 Å². The predicted octanol–water partition coefficient (Wildman–Crippen LogP) is 2.55. The van der Waals surface area contributed by atoms with E-state index in [9.17, 15) is 0 Å². The van der Waals surface area contributed by atoms with E-state index in [0.29, 0.717) is 0 Å². The van der Waals surface area contributed by atoms with Crippen LogP contribution in [0.2, 0.25) is 0 Å². The first-order valence-corrected chi connectivity index (χ1v) is 3.85. The van der Waals surface area contributed by atoms with Gasteiger partial charge in [0.15, 0.2) is 0 Å². The highest BCUT2D eigenvalue weighted by molar-refractivity contribution is 5.57. The maximum Gasteiger partial charge on any atom is 0.0160 e. The Bertz CT molecular complexity index is 302. The molecule has 1 aromatic heterocycles. The molecule has 0 N–H and O–H groups in total. The highest BCUT2D eigenvalue weighted by atomic mass is 14.7. The minimum Gasteiger partial charge on any atom is -0.305 e. The Morgan fingerprint density at radius 1 is 1.00 bits per heavy atom.